The highest BCUT2D eigenvalue weighted by molar-refractivity contribution is 4.99. The Morgan fingerprint density at radius 1 is 1.50 bits per heavy atom. The van der Waals surface area contributed by atoms with Crippen molar-refractivity contribution >= 4 is 0 Å². The number of aromatic hydroxyl groups is 1. The molecule has 1 aromatic rings. The van der Waals surface area contributed by atoms with Crippen molar-refractivity contribution in [2.24, 2.45) is 0 Å². The van der Waals surface area contributed by atoms with Crippen LogP contribution in [0.1, 0.15) is 0 Å². The fourth-order valence-electron chi connectivity index (χ4n) is 0.706. The maximum absolute atomic E-state index is 9.24. The van der Waals surface area contributed by atoms with Crippen molar-refractivity contribution in [1.82, 2.24) is 4.90 Å². The van der Waals surface area contributed by atoms with Crippen molar-refractivity contribution in [1.29, 1.82) is 0 Å². The third kappa shape index (κ3) is 2.39. The Hall–Kier alpha value is -1.29. The normalized spacial score (nSPS) is 10.2. The second kappa shape index (κ2) is 3.92. The minimum absolute atomic E-state index is 0.0966. The number of hydrogen-bond acceptors (Lipinski definition) is 3. The first kappa shape index (κ1) is 8.80. The average Bonchev–Trinajstić information content (AvgIpc) is 2.03. The summed E-state index contributed by atoms with van der Waals surface area (Å²) in [4.78, 5) is 7.05. The zero-order chi connectivity index (χ0) is 8.97. The number of aromatic nitrogens is 1. The molecule has 0 saturated carbocycles. The number of hydrogen-bond donors (Lipinski definition) is 1. The highest BCUT2D eigenvalue weighted by atomic mass is 16.7. The van der Waals surface area contributed by atoms with Gasteiger partial charge in [-0.05, 0) is 20.2 Å². The summed E-state index contributed by atoms with van der Waals surface area (Å²) in [6.07, 6.45) is 1.65. The molecule has 0 unspecified atom stereocenters. The minimum atomic E-state index is 0.0966. The van der Waals surface area contributed by atoms with Crippen LogP contribution in [-0.4, -0.2) is 30.8 Å². The Morgan fingerprint density at radius 3 is 2.83 bits per heavy atom. The van der Waals surface area contributed by atoms with Crippen LogP contribution in [0.25, 0.3) is 0 Å². The molecular weight excluding hydrogens is 156 g/mol. The van der Waals surface area contributed by atoms with Gasteiger partial charge in [-0.1, -0.05) is 0 Å². The van der Waals surface area contributed by atoms with Gasteiger partial charge in [0.15, 0.2) is 0 Å². The van der Waals surface area contributed by atoms with Gasteiger partial charge in [0.25, 0.3) is 0 Å². The van der Waals surface area contributed by atoms with E-state index in [1.807, 2.05) is 19.0 Å². The lowest BCUT2D eigenvalue weighted by atomic mass is 10.5. The molecule has 0 amide bonds. The highest BCUT2D eigenvalue weighted by Gasteiger charge is 2.08. The topological polar surface area (TPSA) is 36.6 Å². The Morgan fingerprint density at radius 2 is 2.25 bits per heavy atom. The van der Waals surface area contributed by atoms with Crippen molar-refractivity contribution < 1.29 is 14.7 Å². The number of rotatable bonds is 3. The smallest absolute Gasteiger partial charge is 0.414 e. The van der Waals surface area contributed by atoms with Crippen molar-refractivity contribution in [2.75, 3.05) is 20.8 Å². The summed E-state index contributed by atoms with van der Waals surface area (Å²) in [5.74, 6) is 0.0966. The van der Waals surface area contributed by atoms with Crippen LogP contribution in [-0.2, 0) is 0 Å². The van der Waals surface area contributed by atoms with Crippen molar-refractivity contribution in [3.8, 4) is 5.88 Å². The molecule has 0 fully saturated rings. The van der Waals surface area contributed by atoms with Gasteiger partial charge in [-0.15, -0.1) is 0 Å². The second-order valence-corrected chi connectivity index (χ2v) is 2.72. The SMILES string of the molecule is CN(C)CO[n+]1ccccc1O. The number of pyridine rings is 1. The monoisotopic (exact) mass is 169 g/mol. The van der Waals surface area contributed by atoms with E-state index in [4.69, 9.17) is 4.84 Å². The van der Waals surface area contributed by atoms with Crippen molar-refractivity contribution in [2.45, 2.75) is 0 Å². The summed E-state index contributed by atoms with van der Waals surface area (Å²) in [7, 11) is 3.78. The molecule has 0 radical (unpaired) electrons. The van der Waals surface area contributed by atoms with E-state index in [0.29, 0.717) is 6.73 Å². The summed E-state index contributed by atoms with van der Waals surface area (Å²) in [5, 5.41) is 9.24. The van der Waals surface area contributed by atoms with E-state index in [0.717, 1.165) is 0 Å². The third-order valence-electron chi connectivity index (χ3n) is 1.26. The first-order valence-corrected chi connectivity index (χ1v) is 3.68. The van der Waals surface area contributed by atoms with Crippen LogP contribution in [0.15, 0.2) is 24.4 Å². The molecule has 0 bridgehead atoms. The maximum Gasteiger partial charge on any atom is 0.414 e. The van der Waals surface area contributed by atoms with Crippen LogP contribution >= 0.6 is 0 Å². The molecule has 0 aromatic carbocycles. The highest BCUT2D eigenvalue weighted by Crippen LogP contribution is 1.95. The zero-order valence-corrected chi connectivity index (χ0v) is 7.27. The molecule has 1 rings (SSSR count). The molecule has 12 heavy (non-hydrogen) atoms. The van der Waals surface area contributed by atoms with Crippen LogP contribution in [0.3, 0.4) is 0 Å². The summed E-state index contributed by atoms with van der Waals surface area (Å²) < 4.78 is 1.32. The molecule has 0 aliphatic rings. The van der Waals surface area contributed by atoms with Crippen LogP contribution in [0.4, 0.5) is 0 Å². The fraction of sp³-hybridized carbons (Fsp3) is 0.375. The summed E-state index contributed by atoms with van der Waals surface area (Å²) in [5.41, 5.74) is 0. The van der Waals surface area contributed by atoms with E-state index in [2.05, 4.69) is 0 Å². The fourth-order valence-corrected chi connectivity index (χ4v) is 0.706. The lowest BCUT2D eigenvalue weighted by molar-refractivity contribution is -0.896. The molecule has 0 atom stereocenters. The molecule has 1 N–H and O–H groups in total. The largest absolute Gasteiger partial charge is 0.457 e. The minimum Gasteiger partial charge on any atom is -0.457 e. The molecule has 0 saturated heterocycles. The molecule has 0 aliphatic heterocycles. The first-order chi connectivity index (χ1) is 5.70. The van der Waals surface area contributed by atoms with Crippen molar-refractivity contribution in [3.63, 3.8) is 0 Å². The maximum atomic E-state index is 9.24. The van der Waals surface area contributed by atoms with Gasteiger partial charge in [0.2, 0.25) is 12.9 Å². The summed E-state index contributed by atoms with van der Waals surface area (Å²) in [6, 6.07) is 5.09. The molecular formula is C8H13N2O2+. The molecule has 1 heterocycles. The van der Waals surface area contributed by atoms with Gasteiger partial charge in [-0.2, -0.15) is 0 Å². The second-order valence-electron chi connectivity index (χ2n) is 2.72. The van der Waals surface area contributed by atoms with Gasteiger partial charge in [0.05, 0.1) is 6.07 Å². The van der Waals surface area contributed by atoms with Gasteiger partial charge in [0.1, 0.15) is 0 Å². The van der Waals surface area contributed by atoms with Crippen molar-refractivity contribution in [3.05, 3.63) is 24.4 Å². The number of nitrogens with zero attached hydrogens (tertiary/aromatic N) is 2. The molecule has 4 nitrogen and oxygen atoms in total. The van der Waals surface area contributed by atoms with E-state index < -0.39 is 0 Å². The van der Waals surface area contributed by atoms with Gasteiger partial charge in [-0.3, -0.25) is 9.74 Å². The molecule has 0 aliphatic carbocycles. The Labute approximate surface area is 71.6 Å². The van der Waals surface area contributed by atoms with Crippen LogP contribution in [0.5, 0.6) is 5.88 Å². The molecule has 1 aromatic heterocycles. The Bertz CT molecular complexity index is 251. The predicted molar refractivity (Wildman–Crippen MR) is 43.4 cm³/mol. The van der Waals surface area contributed by atoms with Gasteiger partial charge >= 0.3 is 5.88 Å². The average molecular weight is 169 g/mol. The van der Waals surface area contributed by atoms with E-state index in [1.165, 1.54) is 4.73 Å². The van der Waals surface area contributed by atoms with E-state index in [1.54, 1.807) is 24.4 Å². The van der Waals surface area contributed by atoms with Crippen LogP contribution in [0.2, 0.25) is 0 Å². The van der Waals surface area contributed by atoms with E-state index in [9.17, 15) is 5.11 Å². The Kier molecular flexibility index (Phi) is 2.88. The predicted octanol–water partition coefficient (Wildman–Crippen LogP) is -0.373. The van der Waals surface area contributed by atoms with Gasteiger partial charge in [-0.25, -0.2) is 0 Å². The van der Waals surface area contributed by atoms with E-state index >= 15 is 0 Å². The zero-order valence-electron chi connectivity index (χ0n) is 7.27. The quantitative estimate of drug-likeness (QED) is 0.495. The molecule has 66 valence electrons. The third-order valence-corrected chi connectivity index (χ3v) is 1.26. The lowest BCUT2D eigenvalue weighted by Gasteiger charge is -2.05. The summed E-state index contributed by atoms with van der Waals surface area (Å²) >= 11 is 0. The standard InChI is InChI=1S/C8H12N2O2/c1-9(2)7-12-10-6-4-3-5-8(10)11/h3-6H,7H2,1-2H3/p+1. The lowest BCUT2D eigenvalue weighted by Crippen LogP contribution is -2.45. The first-order valence-electron chi connectivity index (χ1n) is 3.68. The van der Waals surface area contributed by atoms with Crippen LogP contribution in [0, 0.1) is 0 Å². The molecule has 0 spiro atoms. The van der Waals surface area contributed by atoms with Crippen LogP contribution < -0.4 is 9.57 Å². The Balaban J connectivity index is 2.57. The molecule has 4 heteroatoms. The van der Waals surface area contributed by atoms with Gasteiger partial charge < -0.3 is 5.11 Å². The summed E-state index contributed by atoms with van der Waals surface area (Å²) in [6.45, 7) is 0.433. The van der Waals surface area contributed by atoms with Gasteiger partial charge in [0, 0.05) is 10.8 Å². The van der Waals surface area contributed by atoms with E-state index in [-0.39, 0.29) is 5.88 Å².